The molecule has 2 rings (SSSR count). The molecule has 0 bridgehead atoms. The predicted octanol–water partition coefficient (Wildman–Crippen LogP) is 4.13. The fourth-order valence-corrected chi connectivity index (χ4v) is 2.52. The minimum atomic E-state index is -1.26. The van der Waals surface area contributed by atoms with Crippen LogP contribution in [-0.4, -0.2) is 26.3 Å². The van der Waals surface area contributed by atoms with Gasteiger partial charge in [0.2, 0.25) is 5.79 Å². The molecular weight excluding hydrogens is 332 g/mol. The summed E-state index contributed by atoms with van der Waals surface area (Å²) in [6, 6.07) is 15.1. The second-order valence-corrected chi connectivity index (χ2v) is 5.95. The Labute approximate surface area is 154 Å². The number of benzene rings is 2. The monoisotopic (exact) mass is 358 g/mol. The first-order valence-corrected chi connectivity index (χ1v) is 8.65. The largest absolute Gasteiger partial charge is 0.497 e. The van der Waals surface area contributed by atoms with E-state index in [4.69, 9.17) is 18.9 Å². The summed E-state index contributed by atoms with van der Waals surface area (Å²) in [5.41, 5.74) is 1.89. The van der Waals surface area contributed by atoms with Crippen LogP contribution in [0.4, 0.5) is 0 Å². The summed E-state index contributed by atoms with van der Waals surface area (Å²) < 4.78 is 22.1. The molecule has 0 saturated carbocycles. The molecule has 0 N–H and O–H groups in total. The van der Waals surface area contributed by atoms with E-state index in [0.717, 1.165) is 35.3 Å². The number of carbonyl (C=O) groups excluding carboxylic acids is 1. The van der Waals surface area contributed by atoms with E-state index < -0.39 is 5.79 Å². The summed E-state index contributed by atoms with van der Waals surface area (Å²) in [6.07, 6.45) is 2.01. The van der Waals surface area contributed by atoms with Gasteiger partial charge in [-0.15, -0.1) is 0 Å². The SMILES string of the molecule is CCCC(C=O)(OCc1ccc(OC)cc1)OCc1ccc(OC)cc1. The summed E-state index contributed by atoms with van der Waals surface area (Å²) in [7, 11) is 3.24. The zero-order chi connectivity index (χ0) is 18.8. The minimum Gasteiger partial charge on any atom is -0.497 e. The molecule has 0 fully saturated rings. The average Bonchev–Trinajstić information content (AvgIpc) is 2.71. The molecule has 0 aromatic heterocycles. The standard InChI is InChI=1S/C21H26O5/c1-4-13-21(16-22,25-14-17-5-9-19(23-2)10-6-17)26-15-18-7-11-20(24-3)12-8-18/h5-12,16H,4,13-15H2,1-3H3. The average molecular weight is 358 g/mol. The lowest BCUT2D eigenvalue weighted by Crippen LogP contribution is -2.37. The van der Waals surface area contributed by atoms with Crippen molar-refractivity contribution in [3.8, 4) is 11.5 Å². The third kappa shape index (κ3) is 5.58. The van der Waals surface area contributed by atoms with Crippen LogP contribution in [0.2, 0.25) is 0 Å². The number of hydrogen-bond acceptors (Lipinski definition) is 5. The molecule has 0 unspecified atom stereocenters. The molecule has 0 spiro atoms. The van der Waals surface area contributed by atoms with E-state index in [2.05, 4.69) is 0 Å². The Kier molecular flexibility index (Phi) is 7.63. The topological polar surface area (TPSA) is 54.0 Å². The number of hydrogen-bond donors (Lipinski definition) is 0. The van der Waals surface area contributed by atoms with Gasteiger partial charge in [0.25, 0.3) is 0 Å². The molecule has 0 atom stereocenters. The number of rotatable bonds is 11. The Morgan fingerprint density at radius 2 is 1.23 bits per heavy atom. The first-order chi connectivity index (χ1) is 12.6. The molecule has 0 heterocycles. The Morgan fingerprint density at radius 1 is 0.808 bits per heavy atom. The van der Waals surface area contributed by atoms with Crippen molar-refractivity contribution in [1.82, 2.24) is 0 Å². The van der Waals surface area contributed by atoms with Crippen LogP contribution in [0.15, 0.2) is 48.5 Å². The van der Waals surface area contributed by atoms with Gasteiger partial charge in [0.05, 0.1) is 27.4 Å². The van der Waals surface area contributed by atoms with Gasteiger partial charge in [0, 0.05) is 6.42 Å². The number of ether oxygens (including phenoxy) is 4. The number of carbonyl (C=O) groups is 1. The maximum absolute atomic E-state index is 11.8. The van der Waals surface area contributed by atoms with Crippen molar-refractivity contribution in [1.29, 1.82) is 0 Å². The van der Waals surface area contributed by atoms with Crippen molar-refractivity contribution >= 4 is 6.29 Å². The van der Waals surface area contributed by atoms with Gasteiger partial charge in [-0.1, -0.05) is 37.6 Å². The third-order valence-electron chi connectivity index (χ3n) is 4.06. The highest BCUT2D eigenvalue weighted by atomic mass is 16.7. The summed E-state index contributed by atoms with van der Waals surface area (Å²) in [4.78, 5) is 11.8. The third-order valence-corrected chi connectivity index (χ3v) is 4.06. The van der Waals surface area contributed by atoms with Crippen molar-refractivity contribution in [2.75, 3.05) is 14.2 Å². The summed E-state index contributed by atoms with van der Waals surface area (Å²) in [5.74, 6) is 0.300. The fourth-order valence-electron chi connectivity index (χ4n) is 2.52. The van der Waals surface area contributed by atoms with Crippen LogP contribution < -0.4 is 9.47 Å². The molecule has 0 aliphatic heterocycles. The van der Waals surface area contributed by atoms with E-state index in [-0.39, 0.29) is 13.2 Å². The highest BCUT2D eigenvalue weighted by Crippen LogP contribution is 2.23. The van der Waals surface area contributed by atoms with Gasteiger partial charge in [0.1, 0.15) is 11.5 Å². The highest BCUT2D eigenvalue weighted by Gasteiger charge is 2.31. The quantitative estimate of drug-likeness (QED) is 0.446. The van der Waals surface area contributed by atoms with E-state index in [1.54, 1.807) is 14.2 Å². The van der Waals surface area contributed by atoms with Gasteiger partial charge in [0.15, 0.2) is 6.29 Å². The fraction of sp³-hybridized carbons (Fsp3) is 0.381. The summed E-state index contributed by atoms with van der Waals surface area (Å²) >= 11 is 0. The number of methoxy groups -OCH3 is 2. The Hall–Kier alpha value is -2.37. The summed E-state index contributed by atoms with van der Waals surface area (Å²) in [6.45, 7) is 2.56. The molecule has 0 aliphatic rings. The van der Waals surface area contributed by atoms with E-state index in [9.17, 15) is 4.79 Å². The molecule has 2 aromatic rings. The first-order valence-electron chi connectivity index (χ1n) is 8.65. The van der Waals surface area contributed by atoms with E-state index in [1.807, 2.05) is 55.5 Å². The molecule has 2 aromatic carbocycles. The molecule has 0 saturated heterocycles. The van der Waals surface area contributed by atoms with Crippen LogP contribution in [0, 0.1) is 0 Å². The lowest BCUT2D eigenvalue weighted by atomic mass is 10.1. The van der Waals surface area contributed by atoms with E-state index >= 15 is 0 Å². The first kappa shape index (κ1) is 19.9. The smallest absolute Gasteiger partial charge is 0.226 e. The molecular formula is C21H26O5. The van der Waals surface area contributed by atoms with Gasteiger partial charge in [-0.3, -0.25) is 4.79 Å². The molecule has 26 heavy (non-hydrogen) atoms. The van der Waals surface area contributed by atoms with Crippen LogP contribution >= 0.6 is 0 Å². The van der Waals surface area contributed by atoms with Crippen molar-refractivity contribution < 1.29 is 23.7 Å². The highest BCUT2D eigenvalue weighted by molar-refractivity contribution is 5.60. The van der Waals surface area contributed by atoms with Crippen LogP contribution in [0.1, 0.15) is 30.9 Å². The minimum absolute atomic E-state index is 0.283. The van der Waals surface area contributed by atoms with Gasteiger partial charge in [-0.2, -0.15) is 0 Å². The van der Waals surface area contributed by atoms with Crippen LogP contribution in [0.3, 0.4) is 0 Å². The zero-order valence-electron chi connectivity index (χ0n) is 15.6. The Morgan fingerprint density at radius 3 is 1.54 bits per heavy atom. The van der Waals surface area contributed by atoms with Gasteiger partial charge in [-0.05, 0) is 35.4 Å². The van der Waals surface area contributed by atoms with Crippen molar-refractivity contribution in [2.45, 2.75) is 38.8 Å². The van der Waals surface area contributed by atoms with Crippen LogP contribution in [-0.2, 0) is 27.5 Å². The second-order valence-electron chi connectivity index (χ2n) is 5.95. The van der Waals surface area contributed by atoms with Gasteiger partial charge < -0.3 is 18.9 Å². The maximum atomic E-state index is 11.8. The predicted molar refractivity (Wildman–Crippen MR) is 99.3 cm³/mol. The molecule has 0 radical (unpaired) electrons. The van der Waals surface area contributed by atoms with Gasteiger partial charge in [-0.25, -0.2) is 0 Å². The van der Waals surface area contributed by atoms with Crippen molar-refractivity contribution in [3.05, 3.63) is 59.7 Å². The Balaban J connectivity index is 2.01. The number of aldehydes is 1. The molecule has 0 aliphatic carbocycles. The van der Waals surface area contributed by atoms with E-state index in [1.165, 1.54) is 0 Å². The maximum Gasteiger partial charge on any atom is 0.226 e. The molecule has 5 heteroatoms. The zero-order valence-corrected chi connectivity index (χ0v) is 15.6. The van der Waals surface area contributed by atoms with Crippen LogP contribution in [0.25, 0.3) is 0 Å². The van der Waals surface area contributed by atoms with Gasteiger partial charge >= 0.3 is 0 Å². The van der Waals surface area contributed by atoms with E-state index in [0.29, 0.717) is 6.42 Å². The summed E-state index contributed by atoms with van der Waals surface area (Å²) in [5, 5.41) is 0. The lowest BCUT2D eigenvalue weighted by Gasteiger charge is -2.28. The van der Waals surface area contributed by atoms with Crippen molar-refractivity contribution in [2.24, 2.45) is 0 Å². The second kappa shape index (κ2) is 9.94. The normalized spacial score (nSPS) is 11.2. The Bertz CT molecular complexity index is 612. The van der Waals surface area contributed by atoms with Crippen LogP contribution in [0.5, 0.6) is 11.5 Å². The molecule has 140 valence electrons. The molecule has 5 nitrogen and oxygen atoms in total. The lowest BCUT2D eigenvalue weighted by molar-refractivity contribution is -0.232. The molecule has 0 amide bonds. The van der Waals surface area contributed by atoms with Crippen molar-refractivity contribution in [3.63, 3.8) is 0 Å².